The van der Waals surface area contributed by atoms with Crippen molar-refractivity contribution in [3.63, 3.8) is 0 Å². The molecule has 5 heteroatoms. The monoisotopic (exact) mass is 244 g/mol. The molecule has 0 aliphatic heterocycles. The van der Waals surface area contributed by atoms with Gasteiger partial charge in [-0.1, -0.05) is 18.2 Å². The van der Waals surface area contributed by atoms with E-state index in [1.54, 1.807) is 10.9 Å². The first-order chi connectivity index (χ1) is 8.70. The number of hydrogen-bond acceptors (Lipinski definition) is 3. The van der Waals surface area contributed by atoms with Gasteiger partial charge >= 0.3 is 0 Å². The summed E-state index contributed by atoms with van der Waals surface area (Å²) in [6.07, 6.45) is 3.53. The van der Waals surface area contributed by atoms with Gasteiger partial charge in [0.1, 0.15) is 6.54 Å². The van der Waals surface area contributed by atoms with Gasteiger partial charge in [-0.05, 0) is 13.0 Å². The van der Waals surface area contributed by atoms with Gasteiger partial charge in [-0.25, -0.2) is 0 Å². The highest BCUT2D eigenvalue weighted by Gasteiger charge is 2.07. The molecule has 0 aliphatic rings. The Morgan fingerprint density at radius 3 is 2.94 bits per heavy atom. The first-order valence-corrected chi connectivity index (χ1v) is 5.84. The minimum atomic E-state index is -0.0480. The number of carbonyl (C=O) groups is 1. The highest BCUT2D eigenvalue weighted by molar-refractivity contribution is 5.77. The number of para-hydroxylation sites is 1. The predicted octanol–water partition coefficient (Wildman–Crippen LogP) is 1.27. The van der Waals surface area contributed by atoms with Crippen LogP contribution in [0.1, 0.15) is 6.92 Å². The van der Waals surface area contributed by atoms with Crippen molar-refractivity contribution < 1.29 is 4.79 Å². The normalized spacial score (nSPS) is 10.3. The fourth-order valence-electron chi connectivity index (χ4n) is 1.75. The maximum Gasteiger partial charge on any atom is 0.241 e. The Balaban J connectivity index is 2.16. The Hall–Kier alpha value is -2.30. The van der Waals surface area contributed by atoms with Crippen molar-refractivity contribution in [2.75, 3.05) is 12.3 Å². The SMILES string of the molecule is CCNC(=O)Cn1cc(-c2ccccc2N)cn1. The molecule has 1 aromatic heterocycles. The maximum absolute atomic E-state index is 11.4. The largest absolute Gasteiger partial charge is 0.398 e. The Kier molecular flexibility index (Phi) is 3.62. The van der Waals surface area contributed by atoms with Crippen LogP contribution in [0.5, 0.6) is 0 Å². The third kappa shape index (κ3) is 2.68. The summed E-state index contributed by atoms with van der Waals surface area (Å²) in [6.45, 7) is 2.73. The number of nitrogens with one attached hydrogen (secondary N) is 1. The number of nitrogens with two attached hydrogens (primary N) is 1. The molecule has 0 saturated heterocycles. The molecular weight excluding hydrogens is 228 g/mol. The summed E-state index contributed by atoms with van der Waals surface area (Å²) in [5.74, 6) is -0.0480. The van der Waals surface area contributed by atoms with Crippen LogP contribution < -0.4 is 11.1 Å². The van der Waals surface area contributed by atoms with Crippen LogP contribution in [0.4, 0.5) is 5.69 Å². The van der Waals surface area contributed by atoms with E-state index in [2.05, 4.69) is 10.4 Å². The van der Waals surface area contributed by atoms with Crippen LogP contribution in [0.25, 0.3) is 11.1 Å². The summed E-state index contributed by atoms with van der Waals surface area (Å²) in [7, 11) is 0. The lowest BCUT2D eigenvalue weighted by Gasteiger charge is -2.02. The number of carbonyl (C=O) groups excluding carboxylic acids is 1. The average molecular weight is 244 g/mol. The van der Waals surface area contributed by atoms with E-state index in [9.17, 15) is 4.79 Å². The Morgan fingerprint density at radius 2 is 2.22 bits per heavy atom. The van der Waals surface area contributed by atoms with Crippen LogP contribution in [-0.2, 0) is 11.3 Å². The van der Waals surface area contributed by atoms with Crippen molar-refractivity contribution in [1.29, 1.82) is 0 Å². The van der Waals surface area contributed by atoms with Gasteiger partial charge in [-0.2, -0.15) is 5.10 Å². The lowest BCUT2D eigenvalue weighted by Crippen LogP contribution is -2.27. The van der Waals surface area contributed by atoms with Crippen molar-refractivity contribution in [1.82, 2.24) is 15.1 Å². The van der Waals surface area contributed by atoms with Gasteiger partial charge in [-0.3, -0.25) is 9.48 Å². The van der Waals surface area contributed by atoms with Crippen LogP contribution in [0.15, 0.2) is 36.7 Å². The maximum atomic E-state index is 11.4. The number of amides is 1. The molecule has 2 rings (SSSR count). The highest BCUT2D eigenvalue weighted by atomic mass is 16.2. The molecule has 1 aromatic carbocycles. The number of nitrogen functional groups attached to an aromatic ring is 1. The van der Waals surface area contributed by atoms with Crippen molar-refractivity contribution in [2.45, 2.75) is 13.5 Å². The number of aromatic nitrogens is 2. The summed E-state index contributed by atoms with van der Waals surface area (Å²) in [5, 5.41) is 6.89. The smallest absolute Gasteiger partial charge is 0.241 e. The first kappa shape index (κ1) is 12.2. The average Bonchev–Trinajstić information content (AvgIpc) is 2.78. The molecule has 94 valence electrons. The zero-order valence-electron chi connectivity index (χ0n) is 10.3. The van der Waals surface area contributed by atoms with Crippen LogP contribution in [0.2, 0.25) is 0 Å². The summed E-state index contributed by atoms with van der Waals surface area (Å²) >= 11 is 0. The van der Waals surface area contributed by atoms with Crippen LogP contribution in [0.3, 0.4) is 0 Å². The van der Waals surface area contributed by atoms with Crippen LogP contribution >= 0.6 is 0 Å². The minimum absolute atomic E-state index is 0.0480. The lowest BCUT2D eigenvalue weighted by atomic mass is 10.1. The summed E-state index contributed by atoms with van der Waals surface area (Å²) in [6, 6.07) is 7.59. The molecule has 18 heavy (non-hydrogen) atoms. The van der Waals surface area contributed by atoms with Gasteiger partial charge in [0.2, 0.25) is 5.91 Å². The third-order valence-electron chi connectivity index (χ3n) is 2.58. The Morgan fingerprint density at radius 1 is 1.44 bits per heavy atom. The number of anilines is 1. The third-order valence-corrected chi connectivity index (χ3v) is 2.58. The number of hydrogen-bond donors (Lipinski definition) is 2. The molecule has 0 atom stereocenters. The number of likely N-dealkylation sites (N-methyl/N-ethyl adjacent to an activating group) is 1. The molecule has 0 fully saturated rings. The van der Waals surface area contributed by atoms with E-state index >= 15 is 0 Å². The molecule has 0 unspecified atom stereocenters. The van der Waals surface area contributed by atoms with E-state index in [-0.39, 0.29) is 12.5 Å². The second-order valence-electron chi connectivity index (χ2n) is 3.97. The second-order valence-corrected chi connectivity index (χ2v) is 3.97. The Bertz CT molecular complexity index is 547. The van der Waals surface area contributed by atoms with E-state index in [1.807, 2.05) is 37.4 Å². The molecule has 0 bridgehead atoms. The molecule has 2 aromatic rings. The summed E-state index contributed by atoms with van der Waals surface area (Å²) in [4.78, 5) is 11.4. The number of rotatable bonds is 4. The molecule has 0 aliphatic carbocycles. The predicted molar refractivity (Wildman–Crippen MR) is 70.8 cm³/mol. The molecule has 0 spiro atoms. The standard InChI is InChI=1S/C13H16N4O/c1-2-15-13(18)9-17-8-10(7-16-17)11-5-3-4-6-12(11)14/h3-8H,2,9,14H2,1H3,(H,15,18). The summed E-state index contributed by atoms with van der Waals surface area (Å²) < 4.78 is 1.60. The van der Waals surface area contributed by atoms with Gasteiger partial charge in [0, 0.05) is 29.6 Å². The van der Waals surface area contributed by atoms with Crippen molar-refractivity contribution in [3.05, 3.63) is 36.7 Å². The van der Waals surface area contributed by atoms with Crippen LogP contribution in [0, 0.1) is 0 Å². The topological polar surface area (TPSA) is 72.9 Å². The van der Waals surface area contributed by atoms with E-state index in [0.29, 0.717) is 12.2 Å². The first-order valence-electron chi connectivity index (χ1n) is 5.84. The molecule has 3 N–H and O–H groups in total. The second kappa shape index (κ2) is 5.35. The fourth-order valence-corrected chi connectivity index (χ4v) is 1.75. The van der Waals surface area contributed by atoms with Crippen molar-refractivity contribution in [3.8, 4) is 11.1 Å². The highest BCUT2D eigenvalue weighted by Crippen LogP contribution is 2.24. The van der Waals surface area contributed by atoms with Crippen molar-refractivity contribution >= 4 is 11.6 Å². The van der Waals surface area contributed by atoms with Gasteiger partial charge in [0.15, 0.2) is 0 Å². The molecule has 0 saturated carbocycles. The number of benzene rings is 1. The quantitative estimate of drug-likeness (QED) is 0.795. The number of nitrogens with zero attached hydrogens (tertiary/aromatic N) is 2. The zero-order chi connectivity index (χ0) is 13.0. The fraction of sp³-hybridized carbons (Fsp3) is 0.231. The van der Waals surface area contributed by atoms with Gasteiger partial charge in [0.25, 0.3) is 0 Å². The van der Waals surface area contributed by atoms with E-state index < -0.39 is 0 Å². The molecule has 1 heterocycles. The summed E-state index contributed by atoms with van der Waals surface area (Å²) in [5.41, 5.74) is 8.44. The Labute approximate surface area is 106 Å². The van der Waals surface area contributed by atoms with Gasteiger partial charge in [-0.15, -0.1) is 0 Å². The molecular formula is C13H16N4O. The zero-order valence-corrected chi connectivity index (χ0v) is 10.3. The van der Waals surface area contributed by atoms with E-state index in [0.717, 1.165) is 11.1 Å². The van der Waals surface area contributed by atoms with E-state index in [4.69, 9.17) is 5.73 Å². The van der Waals surface area contributed by atoms with Crippen molar-refractivity contribution in [2.24, 2.45) is 0 Å². The van der Waals surface area contributed by atoms with Gasteiger partial charge < -0.3 is 11.1 Å². The lowest BCUT2D eigenvalue weighted by molar-refractivity contribution is -0.121. The molecule has 5 nitrogen and oxygen atoms in total. The van der Waals surface area contributed by atoms with Crippen LogP contribution in [-0.4, -0.2) is 22.2 Å². The van der Waals surface area contributed by atoms with Gasteiger partial charge in [0.05, 0.1) is 6.20 Å². The molecule has 1 amide bonds. The van der Waals surface area contributed by atoms with E-state index in [1.165, 1.54) is 0 Å². The molecule has 0 radical (unpaired) electrons. The minimum Gasteiger partial charge on any atom is -0.398 e.